The van der Waals surface area contributed by atoms with Crippen molar-refractivity contribution in [2.45, 2.75) is 101 Å². The van der Waals surface area contributed by atoms with Gasteiger partial charge in [-0.25, -0.2) is 4.98 Å². The fourth-order valence-corrected chi connectivity index (χ4v) is 9.87. The molecule has 3 aromatic carbocycles. The van der Waals surface area contributed by atoms with Gasteiger partial charge in [0, 0.05) is 35.8 Å². The first-order chi connectivity index (χ1) is 24.2. The summed E-state index contributed by atoms with van der Waals surface area (Å²) in [5, 5.41) is 32.2. The van der Waals surface area contributed by atoms with E-state index in [2.05, 4.69) is 57.9 Å². The molecule has 8 rings (SSSR count). The van der Waals surface area contributed by atoms with Gasteiger partial charge in [0.1, 0.15) is 28.5 Å². The van der Waals surface area contributed by atoms with Crippen molar-refractivity contribution in [1.82, 2.24) is 10.3 Å². The number of phenolic OH excluding ortho intramolecular Hbond substituents is 1. The Balaban J connectivity index is 0.901. The van der Waals surface area contributed by atoms with E-state index in [1.165, 1.54) is 11.1 Å². The fourth-order valence-electron chi connectivity index (χ4n) is 9.87. The molecule has 0 radical (unpaired) electrons. The van der Waals surface area contributed by atoms with Crippen LogP contribution < -0.4 is 26.8 Å². The number of aromatic hydroxyl groups is 1. The van der Waals surface area contributed by atoms with Crippen molar-refractivity contribution in [1.29, 1.82) is 0 Å². The lowest BCUT2D eigenvalue weighted by Gasteiger charge is -2.52. The van der Waals surface area contributed by atoms with Crippen molar-refractivity contribution >= 4 is 17.2 Å². The molecule has 0 aliphatic heterocycles. The quantitative estimate of drug-likeness (QED) is 0.115. The van der Waals surface area contributed by atoms with E-state index in [0.29, 0.717) is 48.0 Å². The van der Waals surface area contributed by atoms with E-state index in [0.717, 1.165) is 68.9 Å². The highest BCUT2D eigenvalue weighted by molar-refractivity contribution is 5.78. The lowest BCUT2D eigenvalue weighted by molar-refractivity contribution is -0.0647. The van der Waals surface area contributed by atoms with Gasteiger partial charge in [0.05, 0.1) is 0 Å². The van der Waals surface area contributed by atoms with Gasteiger partial charge in [0.2, 0.25) is 0 Å². The topological polar surface area (TPSA) is 124 Å². The first-order valence-corrected chi connectivity index (χ1v) is 18.4. The van der Waals surface area contributed by atoms with Crippen LogP contribution in [0.2, 0.25) is 0 Å². The van der Waals surface area contributed by atoms with Crippen LogP contribution in [-0.4, -0.2) is 32.9 Å². The smallest absolute Gasteiger partial charge is 0.253 e. The maximum absolute atomic E-state index is 12.5. The van der Waals surface area contributed by atoms with Crippen LogP contribution >= 0.6 is 0 Å². The molecule has 3 fully saturated rings. The molecule has 0 spiro atoms. The largest absolute Gasteiger partial charge is 0.508 e. The molecular formula is C42H46N4O4. The summed E-state index contributed by atoms with van der Waals surface area (Å²) < 4.78 is 0. The molecule has 3 saturated carbocycles. The second-order valence-electron chi connectivity index (χ2n) is 15.4. The van der Waals surface area contributed by atoms with Crippen molar-refractivity contribution < 1.29 is 10.2 Å². The number of nitrogens with zero attached hydrogens (tertiary/aromatic N) is 1. The molecule has 0 saturated heterocycles. The summed E-state index contributed by atoms with van der Waals surface area (Å²) in [5.74, 6) is 9.11. The molecule has 8 nitrogen and oxygen atoms in total. The van der Waals surface area contributed by atoms with Crippen molar-refractivity contribution in [2.24, 2.45) is 17.3 Å². The Morgan fingerprint density at radius 1 is 0.900 bits per heavy atom. The van der Waals surface area contributed by atoms with E-state index < -0.39 is 16.5 Å². The van der Waals surface area contributed by atoms with Crippen LogP contribution in [0, 0.1) is 29.1 Å². The van der Waals surface area contributed by atoms with Crippen molar-refractivity contribution in [3.8, 4) is 17.6 Å². The minimum Gasteiger partial charge on any atom is -0.508 e. The average Bonchev–Trinajstić information content (AvgIpc) is 3.42. The number of phenols is 1. The van der Waals surface area contributed by atoms with Crippen LogP contribution in [0.3, 0.4) is 0 Å². The molecule has 4 aliphatic rings. The van der Waals surface area contributed by atoms with Gasteiger partial charge in [-0.05, 0) is 122 Å². The van der Waals surface area contributed by atoms with Gasteiger partial charge in [0.15, 0.2) is 0 Å². The van der Waals surface area contributed by atoms with Crippen LogP contribution in [0.1, 0.15) is 92.9 Å². The third kappa shape index (κ3) is 5.80. The maximum Gasteiger partial charge on any atom is 0.253 e. The van der Waals surface area contributed by atoms with Crippen LogP contribution in [0.15, 0.2) is 76.4 Å². The Hall–Kier alpha value is -4.45. The minimum absolute atomic E-state index is 0.0330. The Kier molecular flexibility index (Phi) is 8.53. The van der Waals surface area contributed by atoms with Gasteiger partial charge in [-0.2, -0.15) is 0 Å². The zero-order chi connectivity index (χ0) is 34.5. The van der Waals surface area contributed by atoms with Gasteiger partial charge in [0.25, 0.3) is 10.9 Å². The molecule has 0 amide bonds. The first kappa shape index (κ1) is 32.7. The van der Waals surface area contributed by atoms with Crippen LogP contribution in [0.25, 0.3) is 0 Å². The summed E-state index contributed by atoms with van der Waals surface area (Å²) in [5.41, 5.74) is 3.15. The molecule has 7 atom stereocenters. The first-order valence-electron chi connectivity index (χ1n) is 18.4. The normalized spacial score (nSPS) is 30.0. The third-order valence-electron chi connectivity index (χ3n) is 12.7. The van der Waals surface area contributed by atoms with E-state index in [9.17, 15) is 19.8 Å². The molecule has 50 heavy (non-hydrogen) atoms. The van der Waals surface area contributed by atoms with Gasteiger partial charge >= 0.3 is 0 Å². The monoisotopic (exact) mass is 670 g/mol. The number of anilines is 3. The molecule has 1 heterocycles. The number of aliphatic hydroxyl groups is 1. The number of hydrogen-bond donors (Lipinski definition) is 5. The molecule has 5 N–H and O–H groups in total. The number of fused-ring (bicyclic) bond motifs is 5. The predicted octanol–water partition coefficient (Wildman–Crippen LogP) is 6.28. The van der Waals surface area contributed by atoms with Crippen molar-refractivity contribution in [3.05, 3.63) is 110 Å². The van der Waals surface area contributed by atoms with Gasteiger partial charge < -0.3 is 26.2 Å². The number of benzene rings is 2. The summed E-state index contributed by atoms with van der Waals surface area (Å²) in [6.07, 6.45) is 11.5. The van der Waals surface area contributed by atoms with Gasteiger partial charge in [-0.3, -0.25) is 9.59 Å². The summed E-state index contributed by atoms with van der Waals surface area (Å²) >= 11 is 0. The van der Waals surface area contributed by atoms with Crippen molar-refractivity contribution in [2.75, 3.05) is 10.6 Å². The number of aryl methyl sites for hydroxylation is 1. The Labute approximate surface area is 293 Å². The summed E-state index contributed by atoms with van der Waals surface area (Å²) in [4.78, 5) is 29.1. The van der Waals surface area contributed by atoms with Gasteiger partial charge in [-0.1, -0.05) is 55.9 Å². The highest BCUT2D eigenvalue weighted by atomic mass is 16.3. The van der Waals surface area contributed by atoms with Crippen LogP contribution in [-0.2, 0) is 13.0 Å². The average molecular weight is 671 g/mol. The number of hydrogen-bond acceptors (Lipinski definition) is 8. The molecule has 8 heteroatoms. The molecule has 1 aromatic heterocycles. The van der Waals surface area contributed by atoms with E-state index in [-0.39, 0.29) is 23.2 Å². The fraction of sp³-hybridized carbons (Fsp3) is 0.452. The number of aromatic nitrogens is 1. The maximum atomic E-state index is 12.5. The van der Waals surface area contributed by atoms with E-state index in [1.54, 1.807) is 18.3 Å². The predicted molar refractivity (Wildman–Crippen MR) is 196 cm³/mol. The molecule has 2 unspecified atom stereocenters. The minimum atomic E-state index is -1.00. The molecule has 4 aliphatic carbocycles. The second-order valence-corrected chi connectivity index (χ2v) is 15.4. The van der Waals surface area contributed by atoms with E-state index >= 15 is 0 Å². The highest BCUT2D eigenvalue weighted by Crippen LogP contribution is 2.64. The number of rotatable bonds is 7. The van der Waals surface area contributed by atoms with E-state index in [1.807, 2.05) is 30.3 Å². The van der Waals surface area contributed by atoms with Crippen LogP contribution in [0.4, 0.5) is 17.2 Å². The van der Waals surface area contributed by atoms with Crippen molar-refractivity contribution in [3.63, 3.8) is 0 Å². The summed E-state index contributed by atoms with van der Waals surface area (Å²) in [6, 6.07) is 19.8. The highest BCUT2D eigenvalue weighted by Gasteiger charge is 2.61. The number of pyridine rings is 1. The van der Waals surface area contributed by atoms with E-state index in [4.69, 9.17) is 0 Å². The zero-order valence-electron chi connectivity index (χ0n) is 28.7. The standard InChI is InChI=1S/C42H46N4O4/c1-41-20-18-31-30-16-14-29(47)24-28(30)13-15-32(31)33(41)19-22-42(41,50)21-17-26-9-11-27(12-10-26)25-44-34-6-2-3-7-35(34)45-37-38(40(49)39(37)48)46-36-8-4-5-23-43-36/h4-5,8-12,14,16,23-24,31-35,44-45,47,50H,2-3,6-7,13,15,18-20,22,25H2,1H3,(H,43,46)/t31-,32-,33+,34?,35?,41+,42+/m1/s1. The van der Waals surface area contributed by atoms with Crippen LogP contribution in [0.5, 0.6) is 5.75 Å². The molecular weight excluding hydrogens is 624 g/mol. The molecule has 4 aromatic rings. The molecule has 258 valence electrons. The number of nitrogens with one attached hydrogen (secondary N) is 3. The lowest BCUT2D eigenvalue weighted by Crippen LogP contribution is -2.50. The summed E-state index contributed by atoms with van der Waals surface area (Å²) in [7, 11) is 0. The zero-order valence-corrected chi connectivity index (χ0v) is 28.7. The second kappa shape index (κ2) is 13.0. The SMILES string of the molecule is C[C@]12CC[C@@H]3c4ccc(O)cc4CC[C@H]3[C@@H]1CC[C@@]2(O)C#Cc1ccc(CNC2CCCCC2Nc2c(Nc3ccccn3)c(=O)c2=O)cc1. The lowest BCUT2D eigenvalue weighted by atomic mass is 9.53. The summed E-state index contributed by atoms with van der Waals surface area (Å²) in [6.45, 7) is 2.95. The Morgan fingerprint density at radius 3 is 2.50 bits per heavy atom. The Morgan fingerprint density at radius 2 is 1.70 bits per heavy atom. The third-order valence-corrected chi connectivity index (χ3v) is 12.7. The Bertz CT molecular complexity index is 2010. The van der Waals surface area contributed by atoms with Gasteiger partial charge in [-0.15, -0.1) is 0 Å². The molecule has 0 bridgehead atoms.